The highest BCUT2D eigenvalue weighted by molar-refractivity contribution is 5.94. The van der Waals surface area contributed by atoms with Crippen molar-refractivity contribution in [3.8, 4) is 0 Å². The summed E-state index contributed by atoms with van der Waals surface area (Å²) in [5.41, 5.74) is -0.517. The van der Waals surface area contributed by atoms with Crippen molar-refractivity contribution in [2.75, 3.05) is 0 Å². The van der Waals surface area contributed by atoms with E-state index in [-0.39, 0.29) is 11.1 Å². The van der Waals surface area contributed by atoms with Gasteiger partial charge in [-0.3, -0.25) is 4.79 Å². The molecule has 6 nitrogen and oxygen atoms in total. The van der Waals surface area contributed by atoms with Crippen LogP contribution < -0.4 is 5.32 Å². The number of rotatable bonds is 5. The van der Waals surface area contributed by atoms with Gasteiger partial charge in [0.2, 0.25) is 6.43 Å². The summed E-state index contributed by atoms with van der Waals surface area (Å²) in [5.74, 6) is -1.96. The lowest BCUT2D eigenvalue weighted by Gasteiger charge is -2.13. The van der Waals surface area contributed by atoms with Crippen LogP contribution in [-0.4, -0.2) is 34.6 Å². The fourth-order valence-corrected chi connectivity index (χ4v) is 1.37. The van der Waals surface area contributed by atoms with Gasteiger partial charge in [0.15, 0.2) is 5.69 Å². The molecule has 1 rings (SSSR count). The number of amides is 1. The molecule has 1 unspecified atom stereocenters. The molecule has 2 N–H and O–H groups in total. The molecule has 112 valence electrons. The van der Waals surface area contributed by atoms with Gasteiger partial charge in [0.1, 0.15) is 11.8 Å². The number of aliphatic carboxylic acids is 1. The summed E-state index contributed by atoms with van der Waals surface area (Å²) in [7, 11) is 0. The number of carboxylic acid groups (broad SMARTS) is 1. The molecule has 0 aromatic carbocycles. The van der Waals surface area contributed by atoms with Crippen molar-refractivity contribution in [3.05, 3.63) is 17.5 Å². The van der Waals surface area contributed by atoms with Crippen molar-refractivity contribution in [2.24, 2.45) is 0 Å². The van der Waals surface area contributed by atoms with Gasteiger partial charge in [-0.2, -0.15) is 0 Å². The Morgan fingerprint density at radius 2 is 2.05 bits per heavy atom. The third-order valence-corrected chi connectivity index (χ3v) is 2.50. The molecule has 1 aromatic heterocycles. The van der Waals surface area contributed by atoms with Crippen LogP contribution in [-0.2, 0) is 10.2 Å². The number of halogens is 2. The van der Waals surface area contributed by atoms with Gasteiger partial charge in [-0.15, -0.1) is 0 Å². The molecule has 1 atom stereocenters. The van der Waals surface area contributed by atoms with Gasteiger partial charge in [-0.05, 0) is 0 Å². The van der Waals surface area contributed by atoms with E-state index >= 15 is 0 Å². The summed E-state index contributed by atoms with van der Waals surface area (Å²) in [5, 5.41) is 14.3. The molecule has 1 heterocycles. The third-order valence-electron chi connectivity index (χ3n) is 2.50. The Bertz CT molecular complexity index is 494. The van der Waals surface area contributed by atoms with Crippen LogP contribution in [0, 0.1) is 0 Å². The molecule has 20 heavy (non-hydrogen) atoms. The predicted octanol–water partition coefficient (Wildman–Crippen LogP) is 1.81. The quantitative estimate of drug-likeness (QED) is 0.862. The van der Waals surface area contributed by atoms with Crippen LogP contribution in [0.1, 0.15) is 43.4 Å². The molecule has 0 radical (unpaired) electrons. The Hall–Kier alpha value is -1.99. The third kappa shape index (κ3) is 4.29. The van der Waals surface area contributed by atoms with E-state index in [2.05, 4.69) is 5.16 Å². The van der Waals surface area contributed by atoms with Crippen LogP contribution >= 0.6 is 0 Å². The number of nitrogens with one attached hydrogen (secondary N) is 1. The first-order chi connectivity index (χ1) is 9.11. The number of carboxylic acids is 1. The Morgan fingerprint density at radius 1 is 1.45 bits per heavy atom. The maximum Gasteiger partial charge on any atom is 0.326 e. The van der Waals surface area contributed by atoms with E-state index in [0.717, 1.165) is 0 Å². The largest absolute Gasteiger partial charge is 0.480 e. The zero-order valence-electron chi connectivity index (χ0n) is 11.3. The summed E-state index contributed by atoms with van der Waals surface area (Å²) in [6, 6.07) is -0.311. The topological polar surface area (TPSA) is 92.4 Å². The Morgan fingerprint density at radius 3 is 2.45 bits per heavy atom. The minimum atomic E-state index is -2.83. The lowest BCUT2D eigenvalue weighted by molar-refractivity contribution is -0.140. The fraction of sp³-hybridized carbons (Fsp3) is 0.583. The maximum atomic E-state index is 12.2. The zero-order valence-corrected chi connectivity index (χ0v) is 11.3. The van der Waals surface area contributed by atoms with Crippen molar-refractivity contribution in [1.29, 1.82) is 0 Å². The number of nitrogens with zero attached hydrogens (tertiary/aromatic N) is 1. The second-order valence-electron chi connectivity index (χ2n) is 5.32. The van der Waals surface area contributed by atoms with Crippen molar-refractivity contribution >= 4 is 11.9 Å². The number of aromatic nitrogens is 1. The van der Waals surface area contributed by atoms with Crippen LogP contribution in [0.3, 0.4) is 0 Å². The smallest absolute Gasteiger partial charge is 0.326 e. The van der Waals surface area contributed by atoms with Gasteiger partial charge in [0.05, 0.1) is 0 Å². The number of alkyl halides is 2. The average Bonchev–Trinajstić information content (AvgIpc) is 2.75. The van der Waals surface area contributed by atoms with Gasteiger partial charge < -0.3 is 14.9 Å². The van der Waals surface area contributed by atoms with Gasteiger partial charge in [-0.1, -0.05) is 25.9 Å². The van der Waals surface area contributed by atoms with Crippen LogP contribution in [0.5, 0.6) is 0 Å². The number of carbonyl (C=O) groups is 2. The first-order valence-corrected chi connectivity index (χ1v) is 5.90. The monoisotopic (exact) mass is 290 g/mol. The standard InChI is InChI=1S/C12H16F2N2O4/c1-12(2,3)8-4-6(16-20-8)10(17)15-7(11(18)19)5-9(13)14/h4,7,9H,5H2,1-3H3,(H,15,17)(H,18,19). The van der Waals surface area contributed by atoms with E-state index in [4.69, 9.17) is 9.63 Å². The lowest BCUT2D eigenvalue weighted by Crippen LogP contribution is -2.42. The van der Waals surface area contributed by atoms with Crippen molar-refractivity contribution < 1.29 is 28.0 Å². The highest BCUT2D eigenvalue weighted by Crippen LogP contribution is 2.22. The fourth-order valence-electron chi connectivity index (χ4n) is 1.37. The molecule has 8 heteroatoms. The Kier molecular flexibility index (Phi) is 4.80. The molecular weight excluding hydrogens is 274 g/mol. The van der Waals surface area contributed by atoms with Gasteiger partial charge in [0, 0.05) is 17.9 Å². The molecular formula is C12H16F2N2O4. The normalized spacial score (nSPS) is 13.3. The second-order valence-corrected chi connectivity index (χ2v) is 5.32. The minimum absolute atomic E-state index is 0.143. The highest BCUT2D eigenvalue weighted by atomic mass is 19.3. The summed E-state index contributed by atoms with van der Waals surface area (Å²) >= 11 is 0. The molecule has 0 aliphatic heterocycles. The molecule has 0 aliphatic carbocycles. The van der Waals surface area contributed by atoms with Crippen molar-refractivity contribution in [2.45, 2.75) is 45.1 Å². The van der Waals surface area contributed by atoms with E-state index in [1.165, 1.54) is 6.07 Å². The first kappa shape index (κ1) is 16.1. The lowest BCUT2D eigenvalue weighted by atomic mass is 9.93. The average molecular weight is 290 g/mol. The van der Waals surface area contributed by atoms with E-state index in [1.54, 1.807) is 0 Å². The zero-order chi connectivity index (χ0) is 15.5. The van der Waals surface area contributed by atoms with Crippen LogP contribution in [0.15, 0.2) is 10.6 Å². The summed E-state index contributed by atoms with van der Waals surface area (Å²) in [6.07, 6.45) is -3.80. The molecule has 0 bridgehead atoms. The number of carbonyl (C=O) groups excluding carboxylic acids is 1. The molecule has 0 saturated heterocycles. The van der Waals surface area contributed by atoms with Gasteiger partial charge >= 0.3 is 5.97 Å². The molecule has 0 saturated carbocycles. The summed E-state index contributed by atoms with van der Waals surface area (Å²) in [6.45, 7) is 5.52. The second kappa shape index (κ2) is 5.98. The molecule has 0 spiro atoms. The van der Waals surface area contributed by atoms with Crippen molar-refractivity contribution in [3.63, 3.8) is 0 Å². The highest BCUT2D eigenvalue weighted by Gasteiger charge is 2.27. The molecule has 0 fully saturated rings. The molecule has 1 aromatic rings. The molecule has 1 amide bonds. The van der Waals surface area contributed by atoms with Crippen molar-refractivity contribution in [1.82, 2.24) is 10.5 Å². The van der Waals surface area contributed by atoms with E-state index in [1.807, 2.05) is 26.1 Å². The molecule has 0 aliphatic rings. The Balaban J connectivity index is 2.79. The Labute approximate surface area is 114 Å². The van der Waals surface area contributed by atoms with Gasteiger partial charge in [-0.25, -0.2) is 13.6 Å². The predicted molar refractivity (Wildman–Crippen MR) is 64.7 cm³/mol. The minimum Gasteiger partial charge on any atom is -0.480 e. The number of hydrogen-bond donors (Lipinski definition) is 2. The van der Waals surface area contributed by atoms with Crippen LogP contribution in [0.4, 0.5) is 8.78 Å². The first-order valence-electron chi connectivity index (χ1n) is 5.90. The summed E-state index contributed by atoms with van der Waals surface area (Å²) < 4.78 is 29.4. The van der Waals surface area contributed by atoms with Crippen LogP contribution in [0.25, 0.3) is 0 Å². The number of hydrogen-bond acceptors (Lipinski definition) is 4. The van der Waals surface area contributed by atoms with E-state index in [0.29, 0.717) is 5.76 Å². The van der Waals surface area contributed by atoms with E-state index in [9.17, 15) is 18.4 Å². The SMILES string of the molecule is CC(C)(C)c1cc(C(=O)NC(CC(F)F)C(=O)O)no1. The van der Waals surface area contributed by atoms with Crippen LogP contribution in [0.2, 0.25) is 0 Å². The summed E-state index contributed by atoms with van der Waals surface area (Å²) in [4.78, 5) is 22.5. The van der Waals surface area contributed by atoms with Gasteiger partial charge in [0.25, 0.3) is 5.91 Å². The van der Waals surface area contributed by atoms with E-state index < -0.39 is 30.8 Å². The maximum absolute atomic E-state index is 12.2.